The number of methoxy groups -OCH3 is 1. The topological polar surface area (TPSA) is 104 Å². The Morgan fingerprint density at radius 2 is 2.03 bits per heavy atom. The summed E-state index contributed by atoms with van der Waals surface area (Å²) in [6.45, 7) is 1.64. The molecule has 0 saturated carbocycles. The lowest BCUT2D eigenvalue weighted by molar-refractivity contribution is 0.0797. The molecule has 4 heterocycles. The molecule has 9 nitrogen and oxygen atoms in total. The lowest BCUT2D eigenvalue weighted by atomic mass is 9.68. The highest BCUT2D eigenvalue weighted by Crippen LogP contribution is 2.49. The number of aliphatic hydroxyl groups is 1. The van der Waals surface area contributed by atoms with Gasteiger partial charge in [-0.15, -0.1) is 0 Å². The summed E-state index contributed by atoms with van der Waals surface area (Å²) < 4.78 is 34.8. The molecule has 5 rings (SSSR count). The zero-order valence-corrected chi connectivity index (χ0v) is 19.4. The average Bonchev–Trinajstić information content (AvgIpc) is 3.38. The highest BCUT2D eigenvalue weighted by Gasteiger charge is 2.48. The third kappa shape index (κ3) is 3.16. The van der Waals surface area contributed by atoms with Crippen LogP contribution in [-0.2, 0) is 22.5 Å². The van der Waals surface area contributed by atoms with Crippen LogP contribution in [0.15, 0.2) is 35.7 Å². The Balaban J connectivity index is 1.53. The van der Waals surface area contributed by atoms with E-state index in [1.165, 1.54) is 11.9 Å². The number of nitrogens with one attached hydrogen (secondary N) is 1. The minimum Gasteiger partial charge on any atom is -0.497 e. The summed E-state index contributed by atoms with van der Waals surface area (Å²) in [5.41, 5.74) is 3.01. The lowest BCUT2D eigenvalue weighted by Gasteiger charge is -2.49. The van der Waals surface area contributed by atoms with Gasteiger partial charge in [-0.05, 0) is 37.6 Å². The van der Waals surface area contributed by atoms with Crippen LogP contribution in [0.1, 0.15) is 30.1 Å². The number of benzene rings is 1. The molecule has 3 aromatic rings. The minimum atomic E-state index is -3.62. The number of aliphatic hydroxyl groups excluding tert-OH is 1. The van der Waals surface area contributed by atoms with Crippen molar-refractivity contribution in [3.05, 3.63) is 42.0 Å². The first-order valence-electron chi connectivity index (χ1n) is 10.8. The second-order valence-corrected chi connectivity index (χ2v) is 10.9. The highest BCUT2D eigenvalue weighted by atomic mass is 32.2. The molecule has 0 aliphatic carbocycles. The molecule has 2 N–H and O–H groups in total. The van der Waals surface area contributed by atoms with Gasteiger partial charge in [0.15, 0.2) is 5.03 Å². The molecule has 1 aromatic carbocycles. The summed E-state index contributed by atoms with van der Waals surface area (Å²) in [4.78, 5) is 9.78. The van der Waals surface area contributed by atoms with Gasteiger partial charge in [0.2, 0.25) is 0 Å². The summed E-state index contributed by atoms with van der Waals surface area (Å²) in [5.74, 6) is 0.773. The van der Waals surface area contributed by atoms with Crippen molar-refractivity contribution in [2.75, 3.05) is 40.4 Å². The van der Waals surface area contributed by atoms with Gasteiger partial charge in [-0.2, -0.15) is 4.31 Å². The SMILES string of the molecule is COc1ccc2c3c([nH]c2c1)[C@H](CO)N(C)CC31CCN(S(=O)(=O)c2cn(C)cn2)CC1. The molecular weight excluding hydrogens is 430 g/mol. The van der Waals surface area contributed by atoms with E-state index < -0.39 is 10.0 Å². The molecule has 0 unspecified atom stereocenters. The predicted octanol–water partition coefficient (Wildman–Crippen LogP) is 1.61. The molecule has 2 aliphatic heterocycles. The Morgan fingerprint density at radius 3 is 2.66 bits per heavy atom. The van der Waals surface area contributed by atoms with E-state index in [-0.39, 0.29) is 23.1 Å². The number of sulfonamides is 1. The van der Waals surface area contributed by atoms with Crippen molar-refractivity contribution in [2.45, 2.75) is 29.3 Å². The Kier molecular flexibility index (Phi) is 5.08. The zero-order chi connectivity index (χ0) is 22.7. The summed E-state index contributed by atoms with van der Waals surface area (Å²) in [7, 11) is 1.82. The van der Waals surface area contributed by atoms with Gasteiger partial charge in [0.1, 0.15) is 5.75 Å². The summed E-state index contributed by atoms with van der Waals surface area (Å²) in [5, 5.41) is 11.3. The largest absolute Gasteiger partial charge is 0.497 e. The van der Waals surface area contributed by atoms with Crippen LogP contribution in [0.25, 0.3) is 10.9 Å². The van der Waals surface area contributed by atoms with Gasteiger partial charge in [-0.1, -0.05) is 0 Å². The van der Waals surface area contributed by atoms with Gasteiger partial charge < -0.3 is 19.4 Å². The van der Waals surface area contributed by atoms with Gasteiger partial charge in [0.25, 0.3) is 10.0 Å². The zero-order valence-electron chi connectivity index (χ0n) is 18.6. The maximum absolute atomic E-state index is 13.1. The Labute approximate surface area is 187 Å². The molecule has 172 valence electrons. The minimum absolute atomic E-state index is 0.0176. The Bertz CT molecular complexity index is 1260. The number of hydrogen-bond acceptors (Lipinski definition) is 6. The molecule has 1 spiro atoms. The summed E-state index contributed by atoms with van der Waals surface area (Å²) in [6, 6.07) is 5.89. The number of aromatic amines is 1. The van der Waals surface area contributed by atoms with Gasteiger partial charge in [0, 0.05) is 61.0 Å². The van der Waals surface area contributed by atoms with E-state index in [0.29, 0.717) is 25.9 Å². The fourth-order valence-corrected chi connectivity index (χ4v) is 6.89. The van der Waals surface area contributed by atoms with E-state index in [2.05, 4.69) is 20.9 Å². The monoisotopic (exact) mass is 459 g/mol. The van der Waals surface area contributed by atoms with E-state index in [0.717, 1.165) is 28.9 Å². The highest BCUT2D eigenvalue weighted by molar-refractivity contribution is 7.89. The standard InChI is InChI=1S/C22H29N5O4S/c1-25-11-19(23-14-25)32(29,30)27-8-6-22(7-9-27)13-26(2)18(12-28)21-20(22)16-5-4-15(31-3)10-17(16)24-21/h4-5,10-11,14,18,24,28H,6-9,12-13H2,1-3H3/t18-/m0/s1. The van der Waals surface area contributed by atoms with Gasteiger partial charge in [0.05, 0.1) is 26.1 Å². The van der Waals surface area contributed by atoms with Crippen LogP contribution in [0, 0.1) is 0 Å². The number of piperidine rings is 1. The molecular formula is C22H29N5O4S. The number of ether oxygens (including phenoxy) is 1. The van der Waals surface area contributed by atoms with Crippen molar-refractivity contribution in [3.63, 3.8) is 0 Å². The number of likely N-dealkylation sites (N-methyl/N-ethyl adjacent to an activating group) is 1. The van der Waals surface area contributed by atoms with Crippen molar-refractivity contribution >= 4 is 20.9 Å². The van der Waals surface area contributed by atoms with Crippen LogP contribution in [0.2, 0.25) is 0 Å². The van der Waals surface area contributed by atoms with Crippen LogP contribution in [0.5, 0.6) is 5.75 Å². The van der Waals surface area contributed by atoms with Crippen LogP contribution in [-0.4, -0.2) is 77.7 Å². The van der Waals surface area contributed by atoms with Crippen molar-refractivity contribution in [1.29, 1.82) is 0 Å². The van der Waals surface area contributed by atoms with Crippen LogP contribution >= 0.6 is 0 Å². The molecule has 1 saturated heterocycles. The fraction of sp³-hybridized carbons (Fsp3) is 0.500. The maximum Gasteiger partial charge on any atom is 0.262 e. The first kappa shape index (κ1) is 21.4. The molecule has 1 atom stereocenters. The number of aromatic nitrogens is 3. The summed E-state index contributed by atoms with van der Waals surface area (Å²) in [6.07, 6.45) is 4.46. The second kappa shape index (κ2) is 7.58. The molecule has 0 amide bonds. The predicted molar refractivity (Wildman–Crippen MR) is 120 cm³/mol. The number of fused-ring (bicyclic) bond motifs is 4. The van der Waals surface area contributed by atoms with Crippen LogP contribution < -0.4 is 4.74 Å². The molecule has 0 bridgehead atoms. The average molecular weight is 460 g/mol. The van der Waals surface area contributed by atoms with Crippen LogP contribution in [0.3, 0.4) is 0 Å². The van der Waals surface area contributed by atoms with E-state index in [1.807, 2.05) is 19.2 Å². The Morgan fingerprint density at radius 1 is 1.28 bits per heavy atom. The number of nitrogens with zero attached hydrogens (tertiary/aromatic N) is 4. The number of aryl methyl sites for hydroxylation is 1. The van der Waals surface area contributed by atoms with Gasteiger partial charge >= 0.3 is 0 Å². The summed E-state index contributed by atoms with van der Waals surface area (Å²) >= 11 is 0. The van der Waals surface area contributed by atoms with Crippen LogP contribution in [0.4, 0.5) is 0 Å². The normalized spacial score (nSPS) is 21.8. The Hall–Kier alpha value is -2.40. The molecule has 2 aliphatic rings. The van der Waals surface area contributed by atoms with Crippen molar-refractivity contribution < 1.29 is 18.3 Å². The second-order valence-electron chi connectivity index (χ2n) is 9.00. The maximum atomic E-state index is 13.1. The number of rotatable bonds is 4. The molecule has 0 radical (unpaired) electrons. The quantitative estimate of drug-likeness (QED) is 0.614. The molecule has 32 heavy (non-hydrogen) atoms. The third-order valence-corrected chi connectivity index (χ3v) is 8.90. The first-order valence-corrected chi connectivity index (χ1v) is 12.2. The molecule has 2 aromatic heterocycles. The van der Waals surface area contributed by atoms with E-state index in [9.17, 15) is 13.5 Å². The number of imidazole rings is 1. The number of H-pyrrole nitrogens is 1. The first-order chi connectivity index (χ1) is 15.3. The van der Waals surface area contributed by atoms with Gasteiger partial charge in [-0.3, -0.25) is 4.90 Å². The van der Waals surface area contributed by atoms with E-state index in [4.69, 9.17) is 4.74 Å². The molecule has 10 heteroatoms. The van der Waals surface area contributed by atoms with Crippen molar-refractivity contribution in [2.24, 2.45) is 7.05 Å². The number of hydrogen-bond donors (Lipinski definition) is 2. The van der Waals surface area contributed by atoms with E-state index >= 15 is 0 Å². The van der Waals surface area contributed by atoms with Gasteiger partial charge in [-0.25, -0.2) is 13.4 Å². The van der Waals surface area contributed by atoms with Crippen molar-refractivity contribution in [3.8, 4) is 5.75 Å². The van der Waals surface area contributed by atoms with E-state index in [1.54, 1.807) is 29.2 Å². The van der Waals surface area contributed by atoms with Crippen molar-refractivity contribution in [1.82, 2.24) is 23.7 Å². The molecule has 1 fully saturated rings. The lowest BCUT2D eigenvalue weighted by Crippen LogP contribution is -2.53. The smallest absolute Gasteiger partial charge is 0.262 e. The third-order valence-electron chi connectivity index (χ3n) is 7.12. The fourth-order valence-electron chi connectivity index (χ4n) is 5.48.